The first kappa shape index (κ1) is 14.5. The molecule has 2 N–H and O–H groups in total. The number of aliphatic hydroxyl groups excluding tert-OH is 1. The molecule has 0 radical (unpaired) electrons. The predicted octanol–water partition coefficient (Wildman–Crippen LogP) is 1.68. The Morgan fingerprint density at radius 2 is 2.05 bits per heavy atom. The van der Waals surface area contributed by atoms with Crippen molar-refractivity contribution < 1.29 is 13.5 Å². The van der Waals surface area contributed by atoms with Crippen LogP contribution in [0, 0.1) is 18.8 Å². The first-order valence-electron chi connectivity index (χ1n) is 6.70. The zero-order chi connectivity index (χ0) is 13.9. The van der Waals surface area contributed by atoms with Crippen LogP contribution >= 0.6 is 0 Å². The van der Waals surface area contributed by atoms with E-state index in [9.17, 15) is 13.5 Å². The van der Waals surface area contributed by atoms with E-state index in [2.05, 4.69) is 4.72 Å². The Morgan fingerprint density at radius 3 is 2.74 bits per heavy atom. The molecule has 0 aromatic heterocycles. The summed E-state index contributed by atoms with van der Waals surface area (Å²) >= 11 is 0. The summed E-state index contributed by atoms with van der Waals surface area (Å²) in [6.07, 6.45) is 3.05. The summed E-state index contributed by atoms with van der Waals surface area (Å²) in [6, 6.07) is 6.89. The van der Waals surface area contributed by atoms with Crippen molar-refractivity contribution in [2.24, 2.45) is 11.8 Å². The predicted molar refractivity (Wildman–Crippen MR) is 74.3 cm³/mol. The van der Waals surface area contributed by atoms with Crippen LogP contribution in [0.1, 0.15) is 24.8 Å². The molecule has 5 heteroatoms. The van der Waals surface area contributed by atoms with Crippen LogP contribution in [0.25, 0.3) is 0 Å². The van der Waals surface area contributed by atoms with Crippen molar-refractivity contribution in [3.8, 4) is 0 Å². The summed E-state index contributed by atoms with van der Waals surface area (Å²) in [7, 11) is -3.43. The number of benzene rings is 1. The summed E-state index contributed by atoms with van der Waals surface area (Å²) in [4.78, 5) is 0.311. The highest BCUT2D eigenvalue weighted by atomic mass is 32.2. The molecule has 1 aliphatic rings. The van der Waals surface area contributed by atoms with Gasteiger partial charge in [-0.05, 0) is 49.3 Å². The van der Waals surface area contributed by atoms with Crippen molar-refractivity contribution in [3.63, 3.8) is 0 Å². The van der Waals surface area contributed by atoms with E-state index in [1.807, 2.05) is 13.0 Å². The largest absolute Gasteiger partial charge is 0.396 e. The number of rotatable bonds is 5. The van der Waals surface area contributed by atoms with Gasteiger partial charge in [-0.2, -0.15) is 0 Å². The zero-order valence-electron chi connectivity index (χ0n) is 11.2. The van der Waals surface area contributed by atoms with Crippen molar-refractivity contribution in [3.05, 3.63) is 29.8 Å². The van der Waals surface area contributed by atoms with Gasteiger partial charge >= 0.3 is 0 Å². The van der Waals surface area contributed by atoms with Gasteiger partial charge in [-0.3, -0.25) is 0 Å². The summed E-state index contributed by atoms with van der Waals surface area (Å²) in [5.41, 5.74) is 0.928. The van der Waals surface area contributed by atoms with Crippen molar-refractivity contribution in [2.75, 3.05) is 13.2 Å². The third kappa shape index (κ3) is 3.55. The fraction of sp³-hybridized carbons (Fsp3) is 0.571. The van der Waals surface area contributed by atoms with E-state index in [0.29, 0.717) is 11.4 Å². The molecule has 0 spiro atoms. The number of aliphatic hydroxyl groups is 1. The number of hydrogen-bond donors (Lipinski definition) is 2. The van der Waals surface area contributed by atoms with E-state index in [0.717, 1.165) is 24.8 Å². The minimum Gasteiger partial charge on any atom is -0.396 e. The van der Waals surface area contributed by atoms with Gasteiger partial charge in [0.25, 0.3) is 0 Å². The summed E-state index contributed by atoms with van der Waals surface area (Å²) in [5, 5.41) is 9.24. The standard InChI is InChI=1S/C14H21NO3S/c1-11-4-2-7-14(8-11)19(17,18)15-9-12-5-3-6-13(12)10-16/h2,4,7-8,12-13,15-16H,3,5-6,9-10H2,1H3. The van der Waals surface area contributed by atoms with Gasteiger partial charge in [0.1, 0.15) is 0 Å². The highest BCUT2D eigenvalue weighted by molar-refractivity contribution is 7.89. The molecule has 0 saturated heterocycles. The highest BCUT2D eigenvalue weighted by Crippen LogP contribution is 2.30. The maximum absolute atomic E-state index is 12.2. The molecule has 1 aliphatic carbocycles. The second-order valence-electron chi connectivity index (χ2n) is 5.30. The van der Waals surface area contributed by atoms with Gasteiger partial charge in [-0.15, -0.1) is 0 Å². The van der Waals surface area contributed by atoms with Crippen LogP contribution in [0.5, 0.6) is 0 Å². The molecule has 4 nitrogen and oxygen atoms in total. The quantitative estimate of drug-likeness (QED) is 0.864. The molecule has 0 heterocycles. The van der Waals surface area contributed by atoms with Gasteiger partial charge in [0, 0.05) is 13.2 Å². The van der Waals surface area contributed by atoms with Crippen LogP contribution in [0.15, 0.2) is 29.2 Å². The maximum Gasteiger partial charge on any atom is 0.240 e. The van der Waals surface area contributed by atoms with Crippen molar-refractivity contribution in [1.29, 1.82) is 0 Å². The lowest BCUT2D eigenvalue weighted by Gasteiger charge is -2.17. The summed E-state index contributed by atoms with van der Waals surface area (Å²) in [5.74, 6) is 0.491. The van der Waals surface area contributed by atoms with Crippen LogP contribution in [0.2, 0.25) is 0 Å². The Balaban J connectivity index is 2.02. The second-order valence-corrected chi connectivity index (χ2v) is 7.07. The monoisotopic (exact) mass is 283 g/mol. The Hall–Kier alpha value is -0.910. The lowest BCUT2D eigenvalue weighted by molar-refractivity contribution is 0.195. The fourth-order valence-electron chi connectivity index (χ4n) is 2.71. The normalized spacial score (nSPS) is 23.7. The van der Waals surface area contributed by atoms with Gasteiger partial charge < -0.3 is 5.11 Å². The third-order valence-electron chi connectivity index (χ3n) is 3.89. The molecule has 1 aromatic rings. The first-order valence-corrected chi connectivity index (χ1v) is 8.18. The lowest BCUT2D eigenvalue weighted by Crippen LogP contribution is -2.31. The van der Waals surface area contributed by atoms with Crippen LogP contribution < -0.4 is 4.72 Å². The molecule has 0 amide bonds. The Kier molecular flexibility index (Phi) is 4.60. The SMILES string of the molecule is Cc1cccc(S(=O)(=O)NCC2CCCC2CO)c1. The van der Waals surface area contributed by atoms with E-state index in [1.54, 1.807) is 18.2 Å². The lowest BCUT2D eigenvalue weighted by atomic mass is 9.97. The Labute approximate surface area is 114 Å². The van der Waals surface area contributed by atoms with E-state index in [1.165, 1.54) is 0 Å². The van der Waals surface area contributed by atoms with Crippen molar-refractivity contribution >= 4 is 10.0 Å². The van der Waals surface area contributed by atoms with Crippen molar-refractivity contribution in [2.45, 2.75) is 31.1 Å². The minimum atomic E-state index is -3.43. The van der Waals surface area contributed by atoms with Crippen molar-refractivity contribution in [1.82, 2.24) is 4.72 Å². The van der Waals surface area contributed by atoms with E-state index in [4.69, 9.17) is 0 Å². The van der Waals surface area contributed by atoms with Crippen LogP contribution in [-0.2, 0) is 10.0 Å². The Bertz CT molecular complexity index is 527. The van der Waals surface area contributed by atoms with Gasteiger partial charge in [0.2, 0.25) is 10.0 Å². The first-order chi connectivity index (χ1) is 9.03. The molecular weight excluding hydrogens is 262 g/mol. The molecule has 2 rings (SSSR count). The van der Waals surface area contributed by atoms with Crippen LogP contribution in [0.3, 0.4) is 0 Å². The molecular formula is C14H21NO3S. The molecule has 19 heavy (non-hydrogen) atoms. The van der Waals surface area contributed by atoms with Gasteiger partial charge in [-0.1, -0.05) is 18.6 Å². The molecule has 1 fully saturated rings. The summed E-state index contributed by atoms with van der Waals surface area (Å²) in [6.45, 7) is 2.44. The molecule has 0 bridgehead atoms. The average Bonchev–Trinajstić information content (AvgIpc) is 2.84. The second kappa shape index (κ2) is 6.03. The van der Waals surface area contributed by atoms with Gasteiger partial charge in [0.05, 0.1) is 4.90 Å². The number of hydrogen-bond acceptors (Lipinski definition) is 3. The fourth-order valence-corrected chi connectivity index (χ4v) is 3.90. The molecule has 106 valence electrons. The topological polar surface area (TPSA) is 66.4 Å². The number of aryl methyl sites for hydroxylation is 1. The van der Waals surface area contributed by atoms with E-state index >= 15 is 0 Å². The Morgan fingerprint density at radius 1 is 1.32 bits per heavy atom. The maximum atomic E-state index is 12.2. The van der Waals surface area contributed by atoms with Gasteiger partial charge in [0.15, 0.2) is 0 Å². The molecule has 0 aliphatic heterocycles. The average molecular weight is 283 g/mol. The third-order valence-corrected chi connectivity index (χ3v) is 5.31. The molecule has 2 atom stereocenters. The summed E-state index contributed by atoms with van der Waals surface area (Å²) < 4.78 is 27.0. The minimum absolute atomic E-state index is 0.150. The number of nitrogens with one attached hydrogen (secondary N) is 1. The smallest absolute Gasteiger partial charge is 0.240 e. The van der Waals surface area contributed by atoms with Crippen LogP contribution in [0.4, 0.5) is 0 Å². The van der Waals surface area contributed by atoms with E-state index in [-0.39, 0.29) is 18.4 Å². The highest BCUT2D eigenvalue weighted by Gasteiger charge is 2.27. The molecule has 1 saturated carbocycles. The molecule has 2 unspecified atom stereocenters. The molecule has 1 aromatic carbocycles. The zero-order valence-corrected chi connectivity index (χ0v) is 12.0. The van der Waals surface area contributed by atoms with E-state index < -0.39 is 10.0 Å². The van der Waals surface area contributed by atoms with Crippen LogP contribution in [-0.4, -0.2) is 26.7 Å². The number of sulfonamides is 1. The van der Waals surface area contributed by atoms with Gasteiger partial charge in [-0.25, -0.2) is 13.1 Å².